The standard InChI is InChI=1S/C18H14N6O/c1-2-12-15-17(21-9-20-12)23-16(22-15)11-4-3-10-7-14-18(25)19-5-6-24(14)13(10)8-11/h2-4,7-9H,1,5-6H2,(H,19,25)(H,20,21,22,23). The van der Waals surface area contributed by atoms with Gasteiger partial charge in [0.05, 0.1) is 5.69 Å². The largest absolute Gasteiger partial charge is 0.349 e. The van der Waals surface area contributed by atoms with Crippen molar-refractivity contribution >= 4 is 34.1 Å². The van der Waals surface area contributed by atoms with E-state index in [0.29, 0.717) is 17.9 Å². The van der Waals surface area contributed by atoms with Gasteiger partial charge in [0, 0.05) is 29.6 Å². The molecule has 0 saturated heterocycles. The van der Waals surface area contributed by atoms with Crippen LogP contribution in [0, 0.1) is 0 Å². The summed E-state index contributed by atoms with van der Waals surface area (Å²) in [4.78, 5) is 28.3. The van der Waals surface area contributed by atoms with E-state index in [0.717, 1.165) is 40.0 Å². The van der Waals surface area contributed by atoms with Crippen molar-refractivity contribution in [3.05, 3.63) is 48.6 Å². The number of aromatic amines is 1. The third-order valence-corrected chi connectivity index (χ3v) is 4.54. The van der Waals surface area contributed by atoms with Crippen molar-refractivity contribution in [1.29, 1.82) is 0 Å². The van der Waals surface area contributed by atoms with Crippen LogP contribution < -0.4 is 5.32 Å². The van der Waals surface area contributed by atoms with E-state index in [-0.39, 0.29) is 5.91 Å². The number of rotatable bonds is 2. The van der Waals surface area contributed by atoms with Gasteiger partial charge in [0.25, 0.3) is 5.91 Å². The lowest BCUT2D eigenvalue weighted by Gasteiger charge is -2.16. The Morgan fingerprint density at radius 1 is 1.24 bits per heavy atom. The Hall–Kier alpha value is -3.48. The van der Waals surface area contributed by atoms with E-state index >= 15 is 0 Å². The number of nitrogens with zero attached hydrogens (tertiary/aromatic N) is 4. The average molecular weight is 330 g/mol. The van der Waals surface area contributed by atoms with Gasteiger partial charge in [-0.2, -0.15) is 0 Å². The van der Waals surface area contributed by atoms with Gasteiger partial charge in [0.15, 0.2) is 5.65 Å². The first-order chi connectivity index (χ1) is 12.2. The maximum absolute atomic E-state index is 12.0. The van der Waals surface area contributed by atoms with E-state index in [1.54, 1.807) is 6.08 Å². The van der Waals surface area contributed by atoms with Crippen molar-refractivity contribution in [3.8, 4) is 11.4 Å². The van der Waals surface area contributed by atoms with Crippen LogP contribution in [-0.4, -0.2) is 37.0 Å². The van der Waals surface area contributed by atoms with E-state index in [4.69, 9.17) is 0 Å². The van der Waals surface area contributed by atoms with Crippen LogP contribution in [0.25, 0.3) is 39.5 Å². The van der Waals surface area contributed by atoms with Gasteiger partial charge in [-0.3, -0.25) is 4.79 Å². The van der Waals surface area contributed by atoms with Crippen LogP contribution in [0.3, 0.4) is 0 Å². The molecule has 0 unspecified atom stereocenters. The highest BCUT2D eigenvalue weighted by molar-refractivity contribution is 6.00. The van der Waals surface area contributed by atoms with Crippen molar-refractivity contribution in [2.45, 2.75) is 6.54 Å². The van der Waals surface area contributed by atoms with Crippen LogP contribution in [0.4, 0.5) is 0 Å². The molecule has 4 aromatic rings. The number of carbonyl (C=O) groups excluding carboxylic acids is 1. The Labute approximate surface area is 142 Å². The molecule has 0 radical (unpaired) electrons. The fourth-order valence-corrected chi connectivity index (χ4v) is 3.34. The number of hydrogen-bond donors (Lipinski definition) is 2. The minimum absolute atomic E-state index is 0.0290. The third kappa shape index (κ3) is 1.99. The van der Waals surface area contributed by atoms with Gasteiger partial charge in [0.1, 0.15) is 23.4 Å². The van der Waals surface area contributed by atoms with Gasteiger partial charge in [-0.25, -0.2) is 15.0 Å². The number of benzene rings is 1. The van der Waals surface area contributed by atoms with Crippen LogP contribution in [0.2, 0.25) is 0 Å². The zero-order valence-corrected chi connectivity index (χ0v) is 13.3. The van der Waals surface area contributed by atoms with Crippen molar-refractivity contribution in [1.82, 2.24) is 29.8 Å². The normalized spacial score (nSPS) is 13.8. The summed E-state index contributed by atoms with van der Waals surface area (Å²) in [5.41, 5.74) is 4.76. The molecule has 0 bridgehead atoms. The molecule has 3 aromatic heterocycles. The van der Waals surface area contributed by atoms with Crippen molar-refractivity contribution in [2.75, 3.05) is 6.54 Å². The number of fused-ring (bicyclic) bond motifs is 4. The molecule has 7 nitrogen and oxygen atoms in total. The van der Waals surface area contributed by atoms with E-state index < -0.39 is 0 Å². The molecule has 5 rings (SSSR count). The van der Waals surface area contributed by atoms with Gasteiger partial charge in [-0.05, 0) is 18.2 Å². The Balaban J connectivity index is 1.71. The molecule has 4 heterocycles. The first-order valence-corrected chi connectivity index (χ1v) is 7.99. The molecule has 122 valence electrons. The summed E-state index contributed by atoms with van der Waals surface area (Å²) in [5.74, 6) is 0.690. The van der Waals surface area contributed by atoms with Gasteiger partial charge in [-0.15, -0.1) is 0 Å². The second-order valence-corrected chi connectivity index (χ2v) is 5.96. The van der Waals surface area contributed by atoms with Crippen LogP contribution in [0.15, 0.2) is 37.2 Å². The minimum Gasteiger partial charge on any atom is -0.349 e. The zero-order chi connectivity index (χ0) is 17.0. The van der Waals surface area contributed by atoms with Crippen LogP contribution in [0.1, 0.15) is 16.2 Å². The average Bonchev–Trinajstić information content (AvgIpc) is 3.23. The molecule has 25 heavy (non-hydrogen) atoms. The van der Waals surface area contributed by atoms with Gasteiger partial charge >= 0.3 is 0 Å². The predicted molar refractivity (Wildman–Crippen MR) is 95.0 cm³/mol. The molecule has 0 aliphatic carbocycles. The highest BCUT2D eigenvalue weighted by Crippen LogP contribution is 2.28. The molecule has 0 spiro atoms. The quantitative estimate of drug-likeness (QED) is 0.590. The predicted octanol–water partition coefficient (Wildman–Crippen LogP) is 2.36. The lowest BCUT2D eigenvalue weighted by atomic mass is 10.1. The summed E-state index contributed by atoms with van der Waals surface area (Å²) in [7, 11) is 0. The van der Waals surface area contributed by atoms with Crippen LogP contribution >= 0.6 is 0 Å². The zero-order valence-electron chi connectivity index (χ0n) is 13.3. The van der Waals surface area contributed by atoms with Crippen molar-refractivity contribution < 1.29 is 4.79 Å². The van der Waals surface area contributed by atoms with Crippen LogP contribution in [-0.2, 0) is 6.54 Å². The molecule has 1 aliphatic heterocycles. The van der Waals surface area contributed by atoms with Crippen LogP contribution in [0.5, 0.6) is 0 Å². The summed E-state index contributed by atoms with van der Waals surface area (Å²) >= 11 is 0. The molecule has 0 saturated carbocycles. The Morgan fingerprint density at radius 3 is 3.04 bits per heavy atom. The van der Waals surface area contributed by atoms with Gasteiger partial charge in [0.2, 0.25) is 0 Å². The highest BCUT2D eigenvalue weighted by Gasteiger charge is 2.20. The Morgan fingerprint density at radius 2 is 2.16 bits per heavy atom. The fraction of sp³-hybridized carbons (Fsp3) is 0.111. The first kappa shape index (κ1) is 13.9. The van der Waals surface area contributed by atoms with Gasteiger partial charge < -0.3 is 14.9 Å². The number of aromatic nitrogens is 5. The van der Waals surface area contributed by atoms with E-state index in [9.17, 15) is 4.79 Å². The lowest BCUT2D eigenvalue weighted by molar-refractivity contribution is 0.0929. The number of carbonyl (C=O) groups is 1. The number of H-pyrrole nitrogens is 1. The topological polar surface area (TPSA) is 88.5 Å². The maximum atomic E-state index is 12.0. The summed E-state index contributed by atoms with van der Waals surface area (Å²) in [6.45, 7) is 5.18. The molecule has 0 atom stereocenters. The first-order valence-electron chi connectivity index (χ1n) is 7.99. The van der Waals surface area contributed by atoms with Crippen molar-refractivity contribution in [3.63, 3.8) is 0 Å². The molecule has 1 aromatic carbocycles. The monoisotopic (exact) mass is 330 g/mol. The molecule has 7 heteroatoms. The maximum Gasteiger partial charge on any atom is 0.268 e. The third-order valence-electron chi connectivity index (χ3n) is 4.54. The minimum atomic E-state index is -0.0290. The number of imidazole rings is 1. The SMILES string of the molecule is C=Cc1ncnc2nc(-c3ccc4cc5n(c4c3)CCNC5=O)[nH]c12. The molecular weight excluding hydrogens is 316 g/mol. The fourth-order valence-electron chi connectivity index (χ4n) is 3.34. The molecule has 1 aliphatic rings. The summed E-state index contributed by atoms with van der Waals surface area (Å²) < 4.78 is 2.05. The van der Waals surface area contributed by atoms with E-state index in [2.05, 4.69) is 42.5 Å². The molecular formula is C18H14N6O. The van der Waals surface area contributed by atoms with E-state index in [1.165, 1.54) is 6.33 Å². The molecule has 0 fully saturated rings. The number of amides is 1. The summed E-state index contributed by atoms with van der Waals surface area (Å²) in [5, 5.41) is 3.91. The van der Waals surface area contributed by atoms with E-state index in [1.807, 2.05) is 18.2 Å². The second-order valence-electron chi connectivity index (χ2n) is 5.96. The molecule has 1 amide bonds. The number of nitrogens with one attached hydrogen (secondary N) is 2. The van der Waals surface area contributed by atoms with Gasteiger partial charge in [-0.1, -0.05) is 18.7 Å². The summed E-state index contributed by atoms with van der Waals surface area (Å²) in [6.07, 6.45) is 3.16. The smallest absolute Gasteiger partial charge is 0.268 e. The summed E-state index contributed by atoms with van der Waals surface area (Å²) in [6, 6.07) is 7.98. The molecule has 2 N–H and O–H groups in total. The Kier molecular flexibility index (Phi) is 2.79. The second kappa shape index (κ2) is 5.01. The Bertz CT molecular complexity index is 1170. The lowest BCUT2D eigenvalue weighted by Crippen LogP contribution is -2.34. The highest BCUT2D eigenvalue weighted by atomic mass is 16.2. The van der Waals surface area contributed by atoms with Crippen molar-refractivity contribution in [2.24, 2.45) is 0 Å². The number of hydrogen-bond acceptors (Lipinski definition) is 4.